The van der Waals surface area contributed by atoms with Crippen LogP contribution in [0.1, 0.15) is 30.1 Å². The number of aromatic nitrogens is 3. The summed E-state index contributed by atoms with van der Waals surface area (Å²) in [6.07, 6.45) is 5.62. The van der Waals surface area contributed by atoms with E-state index in [1.807, 2.05) is 79.0 Å². The molecule has 2 aromatic heterocycles. The van der Waals surface area contributed by atoms with E-state index in [1.165, 1.54) is 5.56 Å². The predicted molar refractivity (Wildman–Crippen MR) is 257 cm³/mol. The third-order valence-corrected chi connectivity index (χ3v) is 13.8. The van der Waals surface area contributed by atoms with Crippen molar-refractivity contribution in [2.24, 2.45) is 11.8 Å². The van der Waals surface area contributed by atoms with Crippen LogP contribution in [0.2, 0.25) is 5.15 Å². The highest BCUT2D eigenvalue weighted by Crippen LogP contribution is 2.51. The number of ether oxygens (including phenoxy) is 3. The monoisotopic (exact) mass is 861 g/mol. The topological polar surface area (TPSA) is 66.4 Å². The normalized spacial score (nSPS) is 19.5. The van der Waals surface area contributed by atoms with Gasteiger partial charge in [0.2, 0.25) is 5.88 Å². The first kappa shape index (κ1) is 41.2. The Morgan fingerprint density at radius 3 is 1.97 bits per heavy atom. The summed E-state index contributed by atoms with van der Waals surface area (Å²) in [4.78, 5) is 15.0. The minimum absolute atomic E-state index is 0.00765. The van der Waals surface area contributed by atoms with Crippen molar-refractivity contribution in [3.8, 4) is 62.1 Å². The standard InChI is InChI=1S/C56H50ClN4O3/c1-4-38-36-61(35-37-31-46(39-17-9-5-10-18-39)52(63-3)47(32-37)40-19-11-6-12-20-40)30-28-43(38)33-50(61)53(45-27-29-58-49-26-25-44(62-2)34-48(45)49)64-56-51(41-21-13-7-14-22-41)54(57)59-55(60-56)42-23-15-8-16-24-42/h4-27,29,31-32,34,38,43,50,53H,1,28,30,33,35-36H2,2-3H3/q+1/t38-,43-,50+,53-,61+/m0/s1. The highest BCUT2D eigenvalue weighted by atomic mass is 35.5. The zero-order valence-corrected chi connectivity index (χ0v) is 36.9. The number of rotatable bonds is 13. The van der Waals surface area contributed by atoms with Crippen molar-refractivity contribution in [1.29, 1.82) is 0 Å². The lowest BCUT2D eigenvalue weighted by Gasteiger charge is -2.58. The number of fused-ring (bicyclic) bond motifs is 4. The lowest BCUT2D eigenvalue weighted by atomic mass is 9.71. The largest absolute Gasteiger partial charge is 0.497 e. The van der Waals surface area contributed by atoms with Gasteiger partial charge in [-0.2, -0.15) is 4.98 Å². The molecule has 11 rings (SSSR count). The first-order valence-corrected chi connectivity index (χ1v) is 22.4. The molecule has 0 N–H and O–H groups in total. The summed E-state index contributed by atoms with van der Waals surface area (Å²) in [6.45, 7) is 7.07. The SMILES string of the molecule is C=C[C@H]1C[N@+]2(Cc3cc(-c4ccccc4)c(OC)c(-c4ccccc4)c3)CC[C@H]1C[C@@H]2[C@@H](Oc1nc(-c2ccccc2)nc(Cl)c1-c1ccccc1)c1ccnc2ccc(OC)cc12. The summed E-state index contributed by atoms with van der Waals surface area (Å²) < 4.78 is 20.6. The molecule has 3 saturated heterocycles. The van der Waals surface area contributed by atoms with Gasteiger partial charge in [-0.15, -0.1) is 6.58 Å². The molecule has 0 spiro atoms. The van der Waals surface area contributed by atoms with Crippen LogP contribution in [0.4, 0.5) is 0 Å². The maximum Gasteiger partial charge on any atom is 0.227 e. The number of methoxy groups -OCH3 is 2. The average molecular weight is 862 g/mol. The van der Waals surface area contributed by atoms with Crippen molar-refractivity contribution < 1.29 is 18.7 Å². The van der Waals surface area contributed by atoms with E-state index in [1.54, 1.807) is 14.2 Å². The van der Waals surface area contributed by atoms with Gasteiger partial charge in [0.25, 0.3) is 0 Å². The van der Waals surface area contributed by atoms with Gasteiger partial charge in [-0.3, -0.25) is 4.98 Å². The van der Waals surface area contributed by atoms with Crippen LogP contribution in [0.15, 0.2) is 177 Å². The van der Waals surface area contributed by atoms with Crippen LogP contribution < -0.4 is 14.2 Å². The number of halogens is 1. The Morgan fingerprint density at radius 2 is 1.36 bits per heavy atom. The molecule has 8 heteroatoms. The van der Waals surface area contributed by atoms with Crippen molar-refractivity contribution in [2.75, 3.05) is 27.3 Å². The summed E-state index contributed by atoms with van der Waals surface area (Å²) in [5, 5.41) is 1.30. The molecule has 0 unspecified atom stereocenters. The van der Waals surface area contributed by atoms with Crippen molar-refractivity contribution in [2.45, 2.75) is 31.5 Å². The van der Waals surface area contributed by atoms with E-state index < -0.39 is 6.10 Å². The van der Waals surface area contributed by atoms with Crippen LogP contribution in [0.3, 0.4) is 0 Å². The van der Waals surface area contributed by atoms with Crippen molar-refractivity contribution in [3.63, 3.8) is 0 Å². The Hall–Kier alpha value is -6.80. The van der Waals surface area contributed by atoms with Gasteiger partial charge >= 0.3 is 0 Å². The van der Waals surface area contributed by atoms with Gasteiger partial charge in [-0.05, 0) is 59.0 Å². The van der Waals surface area contributed by atoms with Crippen LogP contribution in [-0.4, -0.2) is 52.8 Å². The zero-order valence-electron chi connectivity index (χ0n) is 36.1. The summed E-state index contributed by atoms with van der Waals surface area (Å²) in [6, 6.07) is 54.1. The average Bonchev–Trinajstić information content (AvgIpc) is 3.36. The lowest BCUT2D eigenvalue weighted by Crippen LogP contribution is -2.68. The van der Waals surface area contributed by atoms with E-state index in [2.05, 4.69) is 97.6 Å². The highest BCUT2D eigenvalue weighted by molar-refractivity contribution is 6.32. The van der Waals surface area contributed by atoms with Crippen LogP contribution in [0.25, 0.3) is 55.7 Å². The summed E-state index contributed by atoms with van der Waals surface area (Å²) in [5.74, 6) is 3.34. The van der Waals surface area contributed by atoms with Gasteiger partial charge in [0.15, 0.2) is 11.9 Å². The van der Waals surface area contributed by atoms with E-state index in [-0.39, 0.29) is 6.04 Å². The van der Waals surface area contributed by atoms with Gasteiger partial charge in [-0.25, -0.2) is 4.98 Å². The van der Waals surface area contributed by atoms with E-state index in [9.17, 15) is 0 Å². The molecule has 0 radical (unpaired) electrons. The second kappa shape index (κ2) is 17.8. The van der Waals surface area contributed by atoms with Gasteiger partial charge in [-0.1, -0.05) is 139 Å². The Morgan fingerprint density at radius 1 is 0.734 bits per heavy atom. The highest BCUT2D eigenvalue weighted by Gasteiger charge is 2.55. The molecule has 0 saturated carbocycles. The van der Waals surface area contributed by atoms with Crippen molar-refractivity contribution >= 4 is 22.5 Å². The van der Waals surface area contributed by atoms with Crippen LogP contribution in [0, 0.1) is 11.8 Å². The first-order chi connectivity index (χ1) is 31.4. The molecule has 0 amide bonds. The molecule has 2 bridgehead atoms. The number of piperidine rings is 3. The van der Waals surface area contributed by atoms with E-state index >= 15 is 0 Å². The Kier molecular flexibility index (Phi) is 11.4. The molecule has 64 heavy (non-hydrogen) atoms. The van der Waals surface area contributed by atoms with Gasteiger partial charge < -0.3 is 18.7 Å². The molecule has 5 heterocycles. The fourth-order valence-corrected chi connectivity index (χ4v) is 10.7. The fraction of sp³-hybridized carbons (Fsp3) is 0.196. The van der Waals surface area contributed by atoms with Crippen LogP contribution in [0.5, 0.6) is 17.4 Å². The van der Waals surface area contributed by atoms with Crippen molar-refractivity contribution in [3.05, 3.63) is 193 Å². The summed E-state index contributed by atoms with van der Waals surface area (Å²) >= 11 is 7.28. The molecule has 8 aromatic rings. The summed E-state index contributed by atoms with van der Waals surface area (Å²) in [5.41, 5.74) is 9.86. The smallest absolute Gasteiger partial charge is 0.227 e. The second-order valence-corrected chi connectivity index (χ2v) is 17.4. The quantitative estimate of drug-likeness (QED) is 0.0653. The fourth-order valence-electron chi connectivity index (χ4n) is 10.4. The van der Waals surface area contributed by atoms with Gasteiger partial charge in [0.1, 0.15) is 29.2 Å². The number of quaternary nitrogens is 1. The van der Waals surface area contributed by atoms with Crippen LogP contribution in [-0.2, 0) is 6.54 Å². The molecular formula is C56H50ClN4O3+. The minimum atomic E-state index is -0.483. The Balaban J connectivity index is 1.19. The molecule has 318 valence electrons. The number of hydrogen-bond acceptors (Lipinski definition) is 6. The van der Waals surface area contributed by atoms with Gasteiger partial charge in [0, 0.05) is 58.2 Å². The molecule has 7 nitrogen and oxygen atoms in total. The minimum Gasteiger partial charge on any atom is -0.497 e. The molecule has 6 aromatic carbocycles. The predicted octanol–water partition coefficient (Wildman–Crippen LogP) is 13.1. The molecule has 0 aliphatic carbocycles. The number of nitrogens with zero attached hydrogens (tertiary/aromatic N) is 4. The number of hydrogen-bond donors (Lipinski definition) is 0. The van der Waals surface area contributed by atoms with E-state index in [0.29, 0.717) is 34.3 Å². The Bertz CT molecular complexity index is 2870. The van der Waals surface area contributed by atoms with Crippen molar-refractivity contribution in [1.82, 2.24) is 15.0 Å². The maximum atomic E-state index is 7.69. The zero-order chi connectivity index (χ0) is 43.6. The molecular weight excluding hydrogens is 812 g/mol. The number of pyridine rings is 1. The number of benzene rings is 6. The second-order valence-electron chi connectivity index (χ2n) is 17.1. The summed E-state index contributed by atoms with van der Waals surface area (Å²) in [7, 11) is 3.48. The van der Waals surface area contributed by atoms with E-state index in [4.69, 9.17) is 40.8 Å². The third-order valence-electron chi connectivity index (χ3n) is 13.5. The first-order valence-electron chi connectivity index (χ1n) is 22.0. The molecule has 3 aliphatic heterocycles. The van der Waals surface area contributed by atoms with E-state index in [0.717, 1.165) is 98.3 Å². The maximum absolute atomic E-state index is 7.69. The molecule has 3 aliphatic rings. The molecule has 5 atom stereocenters. The molecule has 3 fully saturated rings. The van der Waals surface area contributed by atoms with Crippen LogP contribution >= 0.6 is 11.6 Å². The third kappa shape index (κ3) is 7.80. The Labute approximate surface area is 380 Å². The lowest BCUT2D eigenvalue weighted by molar-refractivity contribution is -0.984. The van der Waals surface area contributed by atoms with Gasteiger partial charge in [0.05, 0.1) is 38.4 Å².